The van der Waals surface area contributed by atoms with Crippen LogP contribution in [0.25, 0.3) is 59.8 Å². The van der Waals surface area contributed by atoms with Crippen LogP contribution in [0.1, 0.15) is 41.8 Å². The first kappa shape index (κ1) is 35.4. The molecule has 0 saturated carbocycles. The number of nitrogen functional groups attached to an aromatic ring is 2. The van der Waals surface area contributed by atoms with Crippen molar-refractivity contribution in [1.29, 1.82) is 0 Å². The standard InChI is InChI=1S/C49H40N8S/c1-2-45-52-41-13-3-5-15-43(41)57(45)38-24-21-30(22-25-38)33-9-7-10-34(27-33)40-29-37(51)23-26-39(40)48-55-46(54-47(56-48)35-11-8-12-36(50)28-35)31-17-19-32(20-18-31)49-53-42-14-4-6-16-44(42)58-49/h3-29,46,48,55H,2,50-51H2,1H3,(H,54,56). The maximum absolute atomic E-state index is 6.52. The molecule has 6 N–H and O–H groups in total. The van der Waals surface area contributed by atoms with Gasteiger partial charge in [0.25, 0.3) is 0 Å². The van der Waals surface area contributed by atoms with Gasteiger partial charge in [0.2, 0.25) is 0 Å². The Morgan fingerprint density at radius 1 is 0.621 bits per heavy atom. The summed E-state index contributed by atoms with van der Waals surface area (Å²) in [6.07, 6.45) is 0.193. The van der Waals surface area contributed by atoms with Crippen molar-refractivity contribution in [2.45, 2.75) is 25.7 Å². The van der Waals surface area contributed by atoms with E-state index in [9.17, 15) is 0 Å². The second-order valence-corrected chi connectivity index (χ2v) is 15.6. The number of para-hydroxylation sites is 3. The van der Waals surface area contributed by atoms with Crippen LogP contribution in [0.15, 0.2) is 169 Å². The fraction of sp³-hybridized carbons (Fsp3) is 0.0816. The molecule has 8 nitrogen and oxygen atoms in total. The molecule has 2 unspecified atom stereocenters. The highest BCUT2D eigenvalue weighted by molar-refractivity contribution is 7.21. The van der Waals surface area contributed by atoms with E-state index >= 15 is 0 Å². The predicted molar refractivity (Wildman–Crippen MR) is 240 cm³/mol. The van der Waals surface area contributed by atoms with Gasteiger partial charge in [-0.15, -0.1) is 11.3 Å². The van der Waals surface area contributed by atoms with Gasteiger partial charge in [0, 0.05) is 34.6 Å². The lowest BCUT2D eigenvalue weighted by Crippen LogP contribution is -2.45. The lowest BCUT2D eigenvalue weighted by atomic mass is 9.93. The molecule has 0 radical (unpaired) electrons. The minimum Gasteiger partial charge on any atom is -0.399 e. The Hall–Kier alpha value is -7.07. The lowest BCUT2D eigenvalue weighted by Gasteiger charge is -2.33. The van der Waals surface area contributed by atoms with Crippen molar-refractivity contribution in [3.05, 3.63) is 186 Å². The van der Waals surface area contributed by atoms with E-state index < -0.39 is 0 Å². The molecule has 1 aliphatic heterocycles. The van der Waals surface area contributed by atoms with Gasteiger partial charge in [-0.25, -0.2) is 15.0 Å². The summed E-state index contributed by atoms with van der Waals surface area (Å²) in [4.78, 5) is 15.0. The molecule has 3 heterocycles. The third kappa shape index (κ3) is 6.66. The number of benzene rings is 7. The van der Waals surface area contributed by atoms with Crippen LogP contribution in [0.3, 0.4) is 0 Å². The summed E-state index contributed by atoms with van der Waals surface area (Å²) in [6.45, 7) is 2.15. The molecule has 9 heteroatoms. The number of thiazole rings is 1. The smallest absolute Gasteiger partial charge is 0.131 e. The largest absolute Gasteiger partial charge is 0.399 e. The molecule has 282 valence electrons. The molecule has 9 aromatic rings. The minimum atomic E-state index is -0.344. The van der Waals surface area contributed by atoms with Crippen LogP contribution in [0.2, 0.25) is 0 Å². The van der Waals surface area contributed by atoms with E-state index in [1.165, 1.54) is 4.70 Å². The zero-order valence-corrected chi connectivity index (χ0v) is 32.6. The maximum atomic E-state index is 6.52. The van der Waals surface area contributed by atoms with Crippen molar-refractivity contribution < 1.29 is 0 Å². The van der Waals surface area contributed by atoms with Crippen LogP contribution in [0.5, 0.6) is 0 Å². The van der Waals surface area contributed by atoms with Crippen molar-refractivity contribution in [2.75, 3.05) is 11.5 Å². The monoisotopic (exact) mass is 772 g/mol. The zero-order valence-electron chi connectivity index (χ0n) is 31.8. The van der Waals surface area contributed by atoms with E-state index in [0.29, 0.717) is 11.4 Å². The molecular formula is C49H40N8S. The minimum absolute atomic E-state index is 0.306. The number of amidine groups is 1. The third-order valence-electron chi connectivity index (χ3n) is 10.8. The number of rotatable bonds is 8. The highest BCUT2D eigenvalue weighted by Crippen LogP contribution is 2.37. The number of fused-ring (bicyclic) bond motifs is 2. The van der Waals surface area contributed by atoms with Crippen molar-refractivity contribution in [1.82, 2.24) is 25.2 Å². The predicted octanol–water partition coefficient (Wildman–Crippen LogP) is 10.7. The highest BCUT2D eigenvalue weighted by atomic mass is 32.1. The molecule has 0 spiro atoms. The van der Waals surface area contributed by atoms with Crippen molar-refractivity contribution in [3.63, 3.8) is 0 Å². The van der Waals surface area contributed by atoms with Gasteiger partial charge in [-0.05, 0) is 100 Å². The van der Waals surface area contributed by atoms with Crippen LogP contribution in [-0.2, 0) is 6.42 Å². The van der Waals surface area contributed by atoms with Gasteiger partial charge < -0.3 is 16.8 Å². The lowest BCUT2D eigenvalue weighted by molar-refractivity contribution is 0.409. The number of aromatic nitrogens is 3. The van der Waals surface area contributed by atoms with Gasteiger partial charge in [-0.3, -0.25) is 9.88 Å². The van der Waals surface area contributed by atoms with E-state index in [0.717, 1.165) is 89.8 Å². The van der Waals surface area contributed by atoms with Crippen LogP contribution in [0, 0.1) is 0 Å². The van der Waals surface area contributed by atoms with E-state index in [2.05, 4.69) is 143 Å². The summed E-state index contributed by atoms with van der Waals surface area (Å²) in [5, 5.41) is 8.51. The number of hydrogen-bond acceptors (Lipinski definition) is 8. The first-order valence-corrected chi connectivity index (χ1v) is 20.3. The molecule has 0 bridgehead atoms. The number of anilines is 2. The number of nitrogens with two attached hydrogens (primary N) is 2. The van der Waals surface area contributed by atoms with E-state index in [1.807, 2.05) is 42.5 Å². The SMILES string of the molecule is CCc1nc2ccccc2n1-c1ccc(-c2cccc(-c3cc(N)ccc3C3NC(c4cccc(N)c4)=NC(c4ccc(-c5nc6ccccc6s5)cc4)N3)c2)cc1. The summed E-state index contributed by atoms with van der Waals surface area (Å²) in [7, 11) is 0. The Balaban J connectivity index is 0.988. The van der Waals surface area contributed by atoms with E-state index in [-0.39, 0.29) is 12.3 Å². The Bertz CT molecular complexity index is 2950. The molecular weight excluding hydrogens is 733 g/mol. The first-order chi connectivity index (χ1) is 28.5. The molecule has 10 rings (SSSR count). The van der Waals surface area contributed by atoms with Gasteiger partial charge in [0.15, 0.2) is 0 Å². The Kier molecular flexibility index (Phi) is 9.01. The number of aliphatic imine (C=N–C) groups is 1. The van der Waals surface area contributed by atoms with Crippen LogP contribution in [-0.4, -0.2) is 20.4 Å². The van der Waals surface area contributed by atoms with Gasteiger partial charge in [-0.1, -0.05) is 104 Å². The molecule has 1 aliphatic rings. The molecule has 2 aromatic heterocycles. The summed E-state index contributed by atoms with van der Waals surface area (Å²) < 4.78 is 3.43. The van der Waals surface area contributed by atoms with Gasteiger partial charge in [-0.2, -0.15) is 0 Å². The van der Waals surface area contributed by atoms with Crippen LogP contribution >= 0.6 is 11.3 Å². The van der Waals surface area contributed by atoms with Gasteiger partial charge >= 0.3 is 0 Å². The molecule has 7 aromatic carbocycles. The third-order valence-corrected chi connectivity index (χ3v) is 11.8. The van der Waals surface area contributed by atoms with E-state index in [1.54, 1.807) is 11.3 Å². The molecule has 2 atom stereocenters. The summed E-state index contributed by atoms with van der Waals surface area (Å²) >= 11 is 1.70. The molecule has 0 amide bonds. The summed E-state index contributed by atoms with van der Waals surface area (Å²) in [5.74, 6) is 1.80. The van der Waals surface area contributed by atoms with Crippen molar-refractivity contribution >= 4 is 49.8 Å². The normalized spacial score (nSPS) is 15.4. The molecule has 58 heavy (non-hydrogen) atoms. The number of nitrogens with one attached hydrogen (secondary N) is 2. The zero-order chi connectivity index (χ0) is 39.2. The quantitative estimate of drug-likeness (QED) is 0.114. The topological polar surface area (TPSA) is 119 Å². The second kappa shape index (κ2) is 14.8. The maximum Gasteiger partial charge on any atom is 0.131 e. The molecule has 0 aliphatic carbocycles. The Morgan fingerprint density at radius 2 is 1.34 bits per heavy atom. The summed E-state index contributed by atoms with van der Waals surface area (Å²) in [6, 6.07) is 56.5. The summed E-state index contributed by atoms with van der Waals surface area (Å²) in [5.41, 5.74) is 26.8. The van der Waals surface area contributed by atoms with Crippen molar-refractivity contribution in [2.24, 2.45) is 4.99 Å². The number of aryl methyl sites for hydroxylation is 1. The van der Waals surface area contributed by atoms with Gasteiger partial charge in [0.05, 0.1) is 21.3 Å². The van der Waals surface area contributed by atoms with Crippen LogP contribution < -0.4 is 22.1 Å². The Morgan fingerprint density at radius 3 is 2.16 bits per heavy atom. The number of nitrogens with zero attached hydrogens (tertiary/aromatic N) is 4. The number of hydrogen-bond donors (Lipinski definition) is 4. The average Bonchev–Trinajstić information content (AvgIpc) is 3.89. The van der Waals surface area contributed by atoms with Crippen LogP contribution in [0.4, 0.5) is 11.4 Å². The Labute approximate surface area is 340 Å². The average molecular weight is 773 g/mol. The highest BCUT2D eigenvalue weighted by Gasteiger charge is 2.28. The van der Waals surface area contributed by atoms with E-state index in [4.69, 9.17) is 26.4 Å². The number of imidazole rings is 1. The molecule has 0 saturated heterocycles. The van der Waals surface area contributed by atoms with Crippen molar-refractivity contribution in [3.8, 4) is 38.5 Å². The fourth-order valence-electron chi connectivity index (χ4n) is 7.87. The molecule has 0 fully saturated rings. The second-order valence-electron chi connectivity index (χ2n) is 14.5. The first-order valence-electron chi connectivity index (χ1n) is 19.5. The van der Waals surface area contributed by atoms with Gasteiger partial charge in [0.1, 0.15) is 29.0 Å². The fourth-order valence-corrected chi connectivity index (χ4v) is 8.84.